The zero-order valence-electron chi connectivity index (χ0n) is 17.6. The number of pyridine rings is 1. The van der Waals surface area contributed by atoms with Gasteiger partial charge in [-0.15, -0.1) is 11.3 Å². The number of nitrogens with zero attached hydrogens (tertiary/aromatic N) is 2. The summed E-state index contributed by atoms with van der Waals surface area (Å²) in [7, 11) is 0. The molecule has 1 atom stereocenters. The Kier molecular flexibility index (Phi) is 6.57. The molecule has 0 spiro atoms. The van der Waals surface area contributed by atoms with E-state index < -0.39 is 0 Å². The number of amides is 3. The van der Waals surface area contributed by atoms with Gasteiger partial charge in [0.05, 0.1) is 5.69 Å². The molecular formula is C22H30N4O2S. The van der Waals surface area contributed by atoms with Crippen LogP contribution in [-0.4, -0.2) is 40.5 Å². The van der Waals surface area contributed by atoms with E-state index >= 15 is 0 Å². The molecule has 0 aliphatic carbocycles. The number of aromatic nitrogens is 1. The number of urea groups is 1. The molecule has 2 aromatic heterocycles. The van der Waals surface area contributed by atoms with Crippen LogP contribution in [0.5, 0.6) is 0 Å². The van der Waals surface area contributed by atoms with Crippen molar-refractivity contribution in [3.63, 3.8) is 0 Å². The molecule has 2 aromatic rings. The SMILES string of the molecule is Cc1cccnc1C(NC(=O)C1CCN(C(=O)NC(C)(C)C)CC1)c1cccs1. The van der Waals surface area contributed by atoms with Gasteiger partial charge >= 0.3 is 6.03 Å². The largest absolute Gasteiger partial charge is 0.343 e. The molecule has 1 fully saturated rings. The first kappa shape index (κ1) is 21.3. The molecular weight excluding hydrogens is 384 g/mol. The third-order valence-electron chi connectivity index (χ3n) is 5.07. The first-order chi connectivity index (χ1) is 13.7. The number of carbonyl (C=O) groups is 2. The van der Waals surface area contributed by atoms with Crippen LogP contribution in [0.4, 0.5) is 4.79 Å². The summed E-state index contributed by atoms with van der Waals surface area (Å²) in [6.07, 6.45) is 3.10. The molecule has 6 nitrogen and oxygen atoms in total. The minimum Gasteiger partial charge on any atom is -0.343 e. The highest BCUT2D eigenvalue weighted by Gasteiger charge is 2.31. The third-order valence-corrected chi connectivity index (χ3v) is 6.01. The predicted molar refractivity (Wildman–Crippen MR) is 116 cm³/mol. The van der Waals surface area contributed by atoms with E-state index in [1.165, 1.54) is 0 Å². The van der Waals surface area contributed by atoms with Crippen LogP contribution < -0.4 is 10.6 Å². The van der Waals surface area contributed by atoms with Crippen molar-refractivity contribution in [1.29, 1.82) is 0 Å². The average molecular weight is 415 g/mol. The number of carbonyl (C=O) groups excluding carboxylic acids is 2. The molecule has 0 aromatic carbocycles. The van der Waals surface area contributed by atoms with Gasteiger partial charge in [-0.2, -0.15) is 0 Å². The van der Waals surface area contributed by atoms with Gasteiger partial charge in [-0.25, -0.2) is 4.79 Å². The van der Waals surface area contributed by atoms with Gasteiger partial charge in [0, 0.05) is 35.6 Å². The summed E-state index contributed by atoms with van der Waals surface area (Å²) in [5, 5.41) is 8.22. The summed E-state index contributed by atoms with van der Waals surface area (Å²) in [6.45, 7) is 9.10. The molecule has 7 heteroatoms. The van der Waals surface area contributed by atoms with Crippen molar-refractivity contribution in [2.45, 2.75) is 52.1 Å². The number of likely N-dealkylation sites (tertiary alicyclic amines) is 1. The number of aryl methyl sites for hydroxylation is 1. The second-order valence-corrected chi connectivity index (χ2v) is 9.58. The summed E-state index contributed by atoms with van der Waals surface area (Å²) in [5.74, 6) is -0.0653. The van der Waals surface area contributed by atoms with Crippen molar-refractivity contribution in [2.75, 3.05) is 13.1 Å². The van der Waals surface area contributed by atoms with Gasteiger partial charge in [0.2, 0.25) is 5.91 Å². The Hall–Kier alpha value is -2.41. The number of piperidine rings is 1. The van der Waals surface area contributed by atoms with Gasteiger partial charge in [-0.1, -0.05) is 12.1 Å². The highest BCUT2D eigenvalue weighted by atomic mass is 32.1. The average Bonchev–Trinajstić information content (AvgIpc) is 3.20. The number of hydrogen-bond acceptors (Lipinski definition) is 4. The molecule has 2 N–H and O–H groups in total. The molecule has 0 bridgehead atoms. The van der Waals surface area contributed by atoms with Crippen molar-refractivity contribution in [3.8, 4) is 0 Å². The third kappa shape index (κ3) is 5.56. The number of nitrogens with one attached hydrogen (secondary N) is 2. The van der Waals surface area contributed by atoms with Gasteiger partial charge in [0.15, 0.2) is 0 Å². The first-order valence-corrected chi connectivity index (χ1v) is 10.9. The van der Waals surface area contributed by atoms with E-state index in [9.17, 15) is 9.59 Å². The van der Waals surface area contributed by atoms with Crippen molar-refractivity contribution in [2.24, 2.45) is 5.92 Å². The molecule has 1 saturated heterocycles. The fourth-order valence-corrected chi connectivity index (χ4v) is 4.31. The highest BCUT2D eigenvalue weighted by Crippen LogP contribution is 2.28. The molecule has 3 heterocycles. The monoisotopic (exact) mass is 414 g/mol. The molecule has 0 radical (unpaired) electrons. The Labute approximate surface area is 176 Å². The van der Waals surface area contributed by atoms with E-state index in [0.29, 0.717) is 25.9 Å². The predicted octanol–water partition coefficient (Wildman–Crippen LogP) is 3.88. The van der Waals surface area contributed by atoms with Crippen LogP contribution in [0.25, 0.3) is 0 Å². The quantitative estimate of drug-likeness (QED) is 0.797. The van der Waals surface area contributed by atoms with Crippen molar-refractivity contribution in [1.82, 2.24) is 20.5 Å². The molecule has 1 aliphatic heterocycles. The van der Waals surface area contributed by atoms with Crippen LogP contribution in [0.15, 0.2) is 35.8 Å². The van der Waals surface area contributed by atoms with E-state index in [4.69, 9.17) is 0 Å². The zero-order chi connectivity index (χ0) is 21.0. The van der Waals surface area contributed by atoms with E-state index in [1.807, 2.05) is 57.3 Å². The van der Waals surface area contributed by atoms with E-state index in [2.05, 4.69) is 15.6 Å². The van der Waals surface area contributed by atoms with Crippen LogP contribution in [0.2, 0.25) is 0 Å². The fourth-order valence-electron chi connectivity index (χ4n) is 3.53. The van der Waals surface area contributed by atoms with Gasteiger partial charge in [0.25, 0.3) is 0 Å². The fraction of sp³-hybridized carbons (Fsp3) is 0.500. The summed E-state index contributed by atoms with van der Waals surface area (Å²) >= 11 is 1.62. The van der Waals surface area contributed by atoms with Crippen LogP contribution in [0.1, 0.15) is 55.8 Å². The molecule has 0 saturated carbocycles. The molecule has 3 amide bonds. The van der Waals surface area contributed by atoms with Crippen LogP contribution in [0, 0.1) is 12.8 Å². The smallest absolute Gasteiger partial charge is 0.317 e. The Balaban J connectivity index is 1.64. The van der Waals surface area contributed by atoms with Gasteiger partial charge in [-0.05, 0) is 63.6 Å². The molecule has 1 unspecified atom stereocenters. The lowest BCUT2D eigenvalue weighted by Gasteiger charge is -2.34. The van der Waals surface area contributed by atoms with Gasteiger partial charge in [0.1, 0.15) is 6.04 Å². The van der Waals surface area contributed by atoms with Crippen LogP contribution >= 0.6 is 11.3 Å². The molecule has 3 rings (SSSR count). The zero-order valence-corrected chi connectivity index (χ0v) is 18.4. The van der Waals surface area contributed by atoms with Crippen LogP contribution in [-0.2, 0) is 4.79 Å². The van der Waals surface area contributed by atoms with Crippen LogP contribution in [0.3, 0.4) is 0 Å². The maximum atomic E-state index is 13.0. The topological polar surface area (TPSA) is 74.3 Å². The maximum absolute atomic E-state index is 13.0. The second-order valence-electron chi connectivity index (χ2n) is 8.60. The lowest BCUT2D eigenvalue weighted by atomic mass is 9.95. The number of hydrogen-bond donors (Lipinski definition) is 2. The van der Waals surface area contributed by atoms with Crippen molar-refractivity contribution >= 4 is 23.3 Å². The number of thiophene rings is 1. The van der Waals surface area contributed by atoms with E-state index in [1.54, 1.807) is 22.4 Å². The normalized spacial score (nSPS) is 16.3. The first-order valence-electron chi connectivity index (χ1n) is 10.1. The van der Waals surface area contributed by atoms with Crippen molar-refractivity contribution in [3.05, 3.63) is 52.0 Å². The summed E-state index contributed by atoms with van der Waals surface area (Å²) < 4.78 is 0. The standard InChI is InChI=1S/C22H30N4O2S/c1-15-7-5-11-23-18(15)19(17-8-6-14-29-17)24-20(27)16-9-12-26(13-10-16)21(28)25-22(2,3)4/h5-8,11,14,16,19H,9-10,12-13H2,1-4H3,(H,24,27)(H,25,28). The lowest BCUT2D eigenvalue weighted by molar-refractivity contribution is -0.126. The minimum absolute atomic E-state index is 0.0318. The Bertz CT molecular complexity index is 837. The minimum atomic E-state index is -0.264. The Morgan fingerprint density at radius 3 is 2.52 bits per heavy atom. The second kappa shape index (κ2) is 8.95. The summed E-state index contributed by atoms with van der Waals surface area (Å²) in [5.41, 5.74) is 1.67. The molecule has 156 valence electrons. The highest BCUT2D eigenvalue weighted by molar-refractivity contribution is 7.10. The Morgan fingerprint density at radius 1 is 1.21 bits per heavy atom. The summed E-state index contributed by atoms with van der Waals surface area (Å²) in [4.78, 5) is 32.8. The molecule has 1 aliphatic rings. The lowest BCUT2D eigenvalue weighted by Crippen LogP contribution is -2.51. The van der Waals surface area contributed by atoms with Gasteiger partial charge in [-0.3, -0.25) is 9.78 Å². The van der Waals surface area contributed by atoms with E-state index in [0.717, 1.165) is 16.1 Å². The van der Waals surface area contributed by atoms with E-state index in [-0.39, 0.29) is 29.4 Å². The van der Waals surface area contributed by atoms with Gasteiger partial charge < -0.3 is 15.5 Å². The number of rotatable bonds is 4. The molecule has 29 heavy (non-hydrogen) atoms. The summed E-state index contributed by atoms with van der Waals surface area (Å²) in [6, 6.07) is 7.64. The van der Waals surface area contributed by atoms with Crippen molar-refractivity contribution < 1.29 is 9.59 Å². The maximum Gasteiger partial charge on any atom is 0.317 e. The Morgan fingerprint density at radius 2 is 1.93 bits per heavy atom.